The number of carbonyl (C=O) groups is 1. The van der Waals surface area contributed by atoms with Gasteiger partial charge in [0, 0.05) is 13.3 Å². The maximum absolute atomic E-state index is 11.2. The maximum atomic E-state index is 11.2. The zero-order valence-corrected chi connectivity index (χ0v) is 18.7. The number of hydrogen-bond donors (Lipinski definition) is 1. The minimum Gasteiger partial charge on any atom is -0.459 e. The molecule has 0 aliphatic rings. The molecule has 0 aromatic heterocycles. The van der Waals surface area contributed by atoms with Gasteiger partial charge in [0.05, 0.1) is 6.10 Å². The van der Waals surface area contributed by atoms with Crippen molar-refractivity contribution in [3.05, 3.63) is 6.42 Å². The van der Waals surface area contributed by atoms with Crippen LogP contribution in [0, 0.1) is 12.3 Å². The largest absolute Gasteiger partial charge is 0.459 e. The van der Waals surface area contributed by atoms with Crippen LogP contribution in [0.4, 0.5) is 0 Å². The highest BCUT2D eigenvalue weighted by atomic mass is 16.6. The Hall–Kier alpha value is -0.570. The van der Waals surface area contributed by atoms with E-state index in [2.05, 4.69) is 6.92 Å². The van der Waals surface area contributed by atoms with Crippen LogP contribution in [0.2, 0.25) is 0 Å². The SMILES string of the molecule is CCCCCCCCCCCCCCCCC(O)C([CH]C(C)C)OC(C)=O. The molecule has 0 fully saturated rings. The molecule has 3 heteroatoms. The average Bonchev–Trinajstić information content (AvgIpc) is 2.60. The Morgan fingerprint density at radius 2 is 1.22 bits per heavy atom. The van der Waals surface area contributed by atoms with Crippen molar-refractivity contribution in [2.75, 3.05) is 0 Å². The Labute approximate surface area is 169 Å². The lowest BCUT2D eigenvalue weighted by Gasteiger charge is -2.24. The Morgan fingerprint density at radius 3 is 1.59 bits per heavy atom. The molecule has 2 unspecified atom stereocenters. The Kier molecular flexibility index (Phi) is 18.4. The zero-order valence-electron chi connectivity index (χ0n) is 18.7. The Balaban J connectivity index is 3.50. The van der Waals surface area contributed by atoms with Gasteiger partial charge in [-0.3, -0.25) is 4.79 Å². The van der Waals surface area contributed by atoms with Crippen molar-refractivity contribution in [3.63, 3.8) is 0 Å². The van der Waals surface area contributed by atoms with E-state index in [0.29, 0.717) is 12.3 Å². The first kappa shape index (κ1) is 26.4. The summed E-state index contributed by atoms with van der Waals surface area (Å²) >= 11 is 0. The van der Waals surface area contributed by atoms with Crippen LogP contribution < -0.4 is 0 Å². The summed E-state index contributed by atoms with van der Waals surface area (Å²) in [5.74, 6) is -0.0303. The second-order valence-electron chi connectivity index (χ2n) is 8.46. The highest BCUT2D eigenvalue weighted by molar-refractivity contribution is 5.66. The highest BCUT2D eigenvalue weighted by Crippen LogP contribution is 2.17. The van der Waals surface area contributed by atoms with Gasteiger partial charge in [-0.15, -0.1) is 0 Å². The molecule has 0 bridgehead atoms. The summed E-state index contributed by atoms with van der Waals surface area (Å²) in [5, 5.41) is 10.3. The van der Waals surface area contributed by atoms with E-state index >= 15 is 0 Å². The summed E-state index contributed by atoms with van der Waals surface area (Å²) in [6.45, 7) is 7.75. The fourth-order valence-electron chi connectivity index (χ4n) is 3.53. The second-order valence-corrected chi connectivity index (χ2v) is 8.46. The minimum absolute atomic E-state index is 0.292. The fourth-order valence-corrected chi connectivity index (χ4v) is 3.53. The molecule has 0 rings (SSSR count). The molecule has 0 spiro atoms. The van der Waals surface area contributed by atoms with Crippen LogP contribution in [-0.4, -0.2) is 23.3 Å². The zero-order chi connectivity index (χ0) is 20.3. The number of rotatable bonds is 19. The van der Waals surface area contributed by atoms with E-state index in [0.717, 1.165) is 12.8 Å². The molecule has 0 aliphatic heterocycles. The quantitative estimate of drug-likeness (QED) is 0.193. The highest BCUT2D eigenvalue weighted by Gasteiger charge is 2.23. The number of hydrogen-bond acceptors (Lipinski definition) is 3. The number of aliphatic hydroxyl groups is 1. The van der Waals surface area contributed by atoms with Gasteiger partial charge >= 0.3 is 5.97 Å². The van der Waals surface area contributed by atoms with E-state index in [4.69, 9.17) is 4.74 Å². The summed E-state index contributed by atoms with van der Waals surface area (Å²) in [5.41, 5.74) is 0. The molecule has 0 saturated heterocycles. The van der Waals surface area contributed by atoms with E-state index in [1.54, 1.807) is 0 Å². The molecule has 0 amide bonds. The predicted octanol–water partition coefficient (Wildman–Crippen LogP) is 7.01. The number of ether oxygens (including phenoxy) is 1. The van der Waals surface area contributed by atoms with Crippen LogP contribution in [0.1, 0.15) is 124 Å². The van der Waals surface area contributed by atoms with E-state index in [1.807, 2.05) is 20.3 Å². The van der Waals surface area contributed by atoms with Crippen LogP contribution in [-0.2, 0) is 9.53 Å². The van der Waals surface area contributed by atoms with Crippen LogP contribution in [0.15, 0.2) is 0 Å². The maximum Gasteiger partial charge on any atom is 0.303 e. The fraction of sp³-hybridized carbons (Fsp3) is 0.917. The Morgan fingerprint density at radius 1 is 0.815 bits per heavy atom. The van der Waals surface area contributed by atoms with Crippen molar-refractivity contribution in [1.82, 2.24) is 0 Å². The molecule has 27 heavy (non-hydrogen) atoms. The monoisotopic (exact) mass is 383 g/mol. The standard InChI is InChI=1S/C24H47O3/c1-5-6-7-8-9-10-11-12-13-14-15-16-17-18-19-23(26)24(20-21(2)3)27-22(4)25/h20-21,23-24,26H,5-19H2,1-4H3. The van der Waals surface area contributed by atoms with Crippen molar-refractivity contribution >= 4 is 5.97 Å². The first-order valence-corrected chi connectivity index (χ1v) is 11.7. The third-order valence-electron chi connectivity index (χ3n) is 5.11. The van der Waals surface area contributed by atoms with Crippen molar-refractivity contribution < 1.29 is 14.6 Å². The minimum atomic E-state index is -0.575. The average molecular weight is 384 g/mol. The predicted molar refractivity (Wildman–Crippen MR) is 116 cm³/mol. The van der Waals surface area contributed by atoms with Crippen molar-refractivity contribution in [2.45, 2.75) is 136 Å². The third kappa shape index (κ3) is 18.6. The first-order chi connectivity index (χ1) is 13.0. The van der Waals surface area contributed by atoms with Gasteiger partial charge in [-0.2, -0.15) is 0 Å². The smallest absolute Gasteiger partial charge is 0.303 e. The van der Waals surface area contributed by atoms with Crippen LogP contribution >= 0.6 is 0 Å². The van der Waals surface area contributed by atoms with Gasteiger partial charge in [0.1, 0.15) is 6.10 Å². The van der Waals surface area contributed by atoms with E-state index in [1.165, 1.54) is 84.0 Å². The molecule has 0 aromatic rings. The van der Waals surface area contributed by atoms with Crippen molar-refractivity contribution in [3.8, 4) is 0 Å². The van der Waals surface area contributed by atoms with Gasteiger partial charge in [-0.05, 0) is 12.3 Å². The van der Waals surface area contributed by atoms with Crippen molar-refractivity contribution in [2.24, 2.45) is 5.92 Å². The second kappa shape index (κ2) is 18.8. The number of carbonyl (C=O) groups excluding carboxylic acids is 1. The molecule has 1 N–H and O–H groups in total. The summed E-state index contributed by atoms with van der Waals surface area (Å²) in [4.78, 5) is 11.2. The third-order valence-corrected chi connectivity index (χ3v) is 5.11. The van der Waals surface area contributed by atoms with E-state index < -0.39 is 12.2 Å². The molecule has 0 saturated carbocycles. The lowest BCUT2D eigenvalue weighted by molar-refractivity contribution is -0.150. The van der Waals surface area contributed by atoms with Crippen LogP contribution in [0.25, 0.3) is 0 Å². The molecule has 1 radical (unpaired) electrons. The molecular weight excluding hydrogens is 336 g/mol. The molecule has 0 aliphatic carbocycles. The van der Waals surface area contributed by atoms with Gasteiger partial charge < -0.3 is 9.84 Å². The van der Waals surface area contributed by atoms with Gasteiger partial charge in [0.15, 0.2) is 0 Å². The summed E-state index contributed by atoms with van der Waals surface area (Å²) < 4.78 is 5.25. The van der Waals surface area contributed by atoms with Gasteiger partial charge in [0.25, 0.3) is 0 Å². The topological polar surface area (TPSA) is 46.5 Å². The normalized spacial score (nSPS) is 13.7. The summed E-state index contributed by atoms with van der Waals surface area (Å²) in [6, 6.07) is 0. The van der Waals surface area contributed by atoms with Crippen molar-refractivity contribution in [1.29, 1.82) is 0 Å². The van der Waals surface area contributed by atoms with E-state index in [9.17, 15) is 9.90 Å². The molecule has 2 atom stereocenters. The number of unbranched alkanes of at least 4 members (excludes halogenated alkanes) is 13. The summed E-state index contributed by atoms with van der Waals surface area (Å²) in [7, 11) is 0. The summed E-state index contributed by atoms with van der Waals surface area (Å²) in [6.07, 6.45) is 20.2. The van der Waals surface area contributed by atoms with Crippen LogP contribution in [0.3, 0.4) is 0 Å². The molecule has 161 valence electrons. The number of aliphatic hydroxyl groups excluding tert-OH is 1. The van der Waals surface area contributed by atoms with Gasteiger partial charge in [-0.25, -0.2) is 0 Å². The number of esters is 1. The lowest BCUT2D eigenvalue weighted by atomic mass is 9.97. The van der Waals surface area contributed by atoms with Gasteiger partial charge in [0.2, 0.25) is 0 Å². The lowest BCUT2D eigenvalue weighted by Crippen LogP contribution is -2.32. The van der Waals surface area contributed by atoms with Gasteiger partial charge in [-0.1, -0.05) is 111 Å². The first-order valence-electron chi connectivity index (χ1n) is 11.7. The molecular formula is C24H47O3. The molecule has 0 aromatic carbocycles. The van der Waals surface area contributed by atoms with E-state index in [-0.39, 0.29) is 5.97 Å². The molecule has 0 heterocycles. The Bertz CT molecular complexity index is 328. The molecule has 3 nitrogen and oxygen atoms in total. The van der Waals surface area contributed by atoms with Crippen LogP contribution in [0.5, 0.6) is 0 Å².